The topological polar surface area (TPSA) is 27.7 Å². The zero-order chi connectivity index (χ0) is 9.15. The van der Waals surface area contributed by atoms with E-state index in [0.29, 0.717) is 13.2 Å². The van der Waals surface area contributed by atoms with Crippen molar-refractivity contribution >= 4 is 22.6 Å². The number of alkyl halides is 1. The number of ether oxygens (including phenoxy) is 3. The molecule has 13 heavy (non-hydrogen) atoms. The van der Waals surface area contributed by atoms with Crippen LogP contribution >= 0.6 is 22.6 Å². The molecule has 0 aromatic rings. The minimum atomic E-state index is -0.119. The SMILES string of the molecule is ICC1COCC2(CCCOC2)O1. The second-order valence-corrected chi connectivity index (χ2v) is 4.63. The summed E-state index contributed by atoms with van der Waals surface area (Å²) in [6, 6.07) is 0. The largest absolute Gasteiger partial charge is 0.378 e. The van der Waals surface area contributed by atoms with Gasteiger partial charge in [-0.1, -0.05) is 22.6 Å². The smallest absolute Gasteiger partial charge is 0.115 e. The van der Waals surface area contributed by atoms with Crippen molar-refractivity contribution in [3.63, 3.8) is 0 Å². The van der Waals surface area contributed by atoms with Crippen LogP contribution in [0, 0.1) is 0 Å². The summed E-state index contributed by atoms with van der Waals surface area (Å²) in [6.07, 6.45) is 2.44. The molecular weight excluding hydrogens is 283 g/mol. The second kappa shape index (κ2) is 4.42. The van der Waals surface area contributed by atoms with Crippen LogP contribution in [0.5, 0.6) is 0 Å². The third kappa shape index (κ3) is 2.34. The van der Waals surface area contributed by atoms with E-state index in [2.05, 4.69) is 22.6 Å². The van der Waals surface area contributed by atoms with Crippen LogP contribution in [0.2, 0.25) is 0 Å². The maximum Gasteiger partial charge on any atom is 0.115 e. The first kappa shape index (κ1) is 10.1. The fourth-order valence-corrected chi connectivity index (χ4v) is 2.34. The molecule has 4 heteroatoms. The van der Waals surface area contributed by atoms with E-state index in [0.717, 1.165) is 30.5 Å². The van der Waals surface area contributed by atoms with Crippen molar-refractivity contribution in [3.8, 4) is 0 Å². The van der Waals surface area contributed by atoms with Gasteiger partial charge in [-0.05, 0) is 12.8 Å². The van der Waals surface area contributed by atoms with Crippen molar-refractivity contribution in [3.05, 3.63) is 0 Å². The molecule has 0 saturated carbocycles. The van der Waals surface area contributed by atoms with Gasteiger partial charge in [-0.15, -0.1) is 0 Å². The van der Waals surface area contributed by atoms with Crippen LogP contribution in [0.1, 0.15) is 12.8 Å². The third-order valence-corrected chi connectivity index (χ3v) is 3.53. The average molecular weight is 298 g/mol. The molecule has 1 spiro atoms. The number of rotatable bonds is 1. The number of hydrogen-bond donors (Lipinski definition) is 0. The van der Waals surface area contributed by atoms with Crippen molar-refractivity contribution in [2.75, 3.05) is 30.9 Å². The molecule has 0 aliphatic carbocycles. The number of halogens is 1. The highest BCUT2D eigenvalue weighted by molar-refractivity contribution is 14.1. The van der Waals surface area contributed by atoms with Crippen LogP contribution in [0.3, 0.4) is 0 Å². The summed E-state index contributed by atoms with van der Waals surface area (Å²) < 4.78 is 18.0. The van der Waals surface area contributed by atoms with Gasteiger partial charge in [-0.25, -0.2) is 0 Å². The maximum absolute atomic E-state index is 6.01. The molecule has 2 heterocycles. The average Bonchev–Trinajstić information content (AvgIpc) is 2.19. The normalized spacial score (nSPS) is 40.8. The molecule has 3 nitrogen and oxygen atoms in total. The van der Waals surface area contributed by atoms with E-state index in [-0.39, 0.29) is 11.7 Å². The molecule has 0 N–H and O–H groups in total. The Hall–Kier alpha value is 0.610. The fourth-order valence-electron chi connectivity index (χ4n) is 1.91. The van der Waals surface area contributed by atoms with Gasteiger partial charge in [0.05, 0.1) is 25.9 Å². The minimum Gasteiger partial charge on any atom is -0.378 e. The van der Waals surface area contributed by atoms with E-state index in [1.807, 2.05) is 0 Å². The van der Waals surface area contributed by atoms with Gasteiger partial charge in [0, 0.05) is 11.0 Å². The molecular formula is C9H15IO3. The fraction of sp³-hybridized carbons (Fsp3) is 1.00. The van der Waals surface area contributed by atoms with E-state index < -0.39 is 0 Å². The van der Waals surface area contributed by atoms with Gasteiger partial charge in [0.25, 0.3) is 0 Å². The Morgan fingerprint density at radius 2 is 2.15 bits per heavy atom. The Balaban J connectivity index is 1.95. The van der Waals surface area contributed by atoms with E-state index in [1.54, 1.807) is 0 Å². The Bertz CT molecular complexity index is 163. The van der Waals surface area contributed by atoms with Crippen molar-refractivity contribution in [2.24, 2.45) is 0 Å². The van der Waals surface area contributed by atoms with Crippen molar-refractivity contribution < 1.29 is 14.2 Å². The molecule has 2 aliphatic rings. The zero-order valence-electron chi connectivity index (χ0n) is 7.63. The summed E-state index contributed by atoms with van der Waals surface area (Å²) in [5.74, 6) is 0. The second-order valence-electron chi connectivity index (χ2n) is 3.75. The lowest BCUT2D eigenvalue weighted by Crippen LogP contribution is -2.53. The molecule has 2 saturated heterocycles. The monoisotopic (exact) mass is 298 g/mol. The standard InChI is InChI=1S/C9H15IO3/c10-4-8-5-12-7-9(13-8)2-1-3-11-6-9/h8H,1-7H2. The van der Waals surface area contributed by atoms with Crippen molar-refractivity contribution in [2.45, 2.75) is 24.5 Å². The molecule has 2 rings (SSSR count). The number of hydrogen-bond acceptors (Lipinski definition) is 3. The van der Waals surface area contributed by atoms with Crippen molar-refractivity contribution in [1.29, 1.82) is 0 Å². The third-order valence-electron chi connectivity index (χ3n) is 2.54. The molecule has 0 radical (unpaired) electrons. The highest BCUT2D eigenvalue weighted by atomic mass is 127. The molecule has 76 valence electrons. The molecule has 2 unspecified atom stereocenters. The van der Waals surface area contributed by atoms with Crippen molar-refractivity contribution in [1.82, 2.24) is 0 Å². The van der Waals surface area contributed by atoms with Gasteiger partial charge >= 0.3 is 0 Å². The first-order valence-electron chi connectivity index (χ1n) is 4.74. The molecule has 0 amide bonds. The molecule has 2 atom stereocenters. The van der Waals surface area contributed by atoms with Gasteiger partial charge in [0.2, 0.25) is 0 Å². The van der Waals surface area contributed by atoms with Gasteiger partial charge < -0.3 is 14.2 Å². The lowest BCUT2D eigenvalue weighted by atomic mass is 9.96. The van der Waals surface area contributed by atoms with E-state index >= 15 is 0 Å². The summed E-state index contributed by atoms with van der Waals surface area (Å²) >= 11 is 2.34. The molecule has 2 fully saturated rings. The maximum atomic E-state index is 6.01. The molecule has 0 aromatic carbocycles. The lowest BCUT2D eigenvalue weighted by Gasteiger charge is -2.42. The Kier molecular flexibility index (Phi) is 3.45. The lowest BCUT2D eigenvalue weighted by molar-refractivity contribution is -0.227. The van der Waals surface area contributed by atoms with Crippen LogP contribution in [0.4, 0.5) is 0 Å². The van der Waals surface area contributed by atoms with Crippen LogP contribution in [0.15, 0.2) is 0 Å². The Morgan fingerprint density at radius 3 is 2.85 bits per heavy atom. The van der Waals surface area contributed by atoms with Gasteiger partial charge in [-0.3, -0.25) is 0 Å². The Morgan fingerprint density at radius 1 is 1.31 bits per heavy atom. The summed E-state index contributed by atoms with van der Waals surface area (Å²) in [5.41, 5.74) is -0.119. The summed E-state index contributed by atoms with van der Waals surface area (Å²) in [7, 11) is 0. The van der Waals surface area contributed by atoms with E-state index in [4.69, 9.17) is 14.2 Å². The summed E-state index contributed by atoms with van der Waals surface area (Å²) in [6.45, 7) is 3.03. The predicted molar refractivity (Wildman–Crippen MR) is 57.4 cm³/mol. The van der Waals surface area contributed by atoms with Gasteiger partial charge in [0.1, 0.15) is 5.60 Å². The van der Waals surface area contributed by atoms with Crippen LogP contribution in [0.25, 0.3) is 0 Å². The highest BCUT2D eigenvalue weighted by Crippen LogP contribution is 2.29. The van der Waals surface area contributed by atoms with Crippen LogP contribution < -0.4 is 0 Å². The first-order valence-corrected chi connectivity index (χ1v) is 6.26. The van der Waals surface area contributed by atoms with Crippen LogP contribution in [-0.2, 0) is 14.2 Å². The Labute approximate surface area is 92.2 Å². The van der Waals surface area contributed by atoms with E-state index in [9.17, 15) is 0 Å². The first-order chi connectivity index (χ1) is 6.35. The van der Waals surface area contributed by atoms with Gasteiger partial charge in [0.15, 0.2) is 0 Å². The predicted octanol–water partition coefficient (Wildman–Crippen LogP) is 1.39. The van der Waals surface area contributed by atoms with Gasteiger partial charge in [-0.2, -0.15) is 0 Å². The zero-order valence-corrected chi connectivity index (χ0v) is 9.79. The minimum absolute atomic E-state index is 0.119. The van der Waals surface area contributed by atoms with E-state index in [1.165, 1.54) is 0 Å². The summed E-state index contributed by atoms with van der Waals surface area (Å²) in [5, 5.41) is 0. The summed E-state index contributed by atoms with van der Waals surface area (Å²) in [4.78, 5) is 0. The van der Waals surface area contributed by atoms with Crippen LogP contribution in [-0.4, -0.2) is 42.6 Å². The molecule has 0 aromatic heterocycles. The molecule has 2 aliphatic heterocycles. The highest BCUT2D eigenvalue weighted by Gasteiger charge is 2.39. The molecule has 0 bridgehead atoms. The quantitative estimate of drug-likeness (QED) is 0.541.